The molecule has 0 radical (unpaired) electrons. The van der Waals surface area contributed by atoms with Gasteiger partial charge in [-0.05, 0) is 54.6 Å². The van der Waals surface area contributed by atoms with E-state index in [0.29, 0.717) is 6.54 Å². The number of aryl methyl sites for hydroxylation is 2. The number of benzene rings is 1. The number of furan rings is 1. The lowest BCUT2D eigenvalue weighted by atomic mass is 10.2. The van der Waals surface area contributed by atoms with Crippen LogP contribution in [0.4, 0.5) is 5.69 Å². The van der Waals surface area contributed by atoms with Gasteiger partial charge in [0, 0.05) is 5.69 Å². The zero-order valence-electron chi connectivity index (χ0n) is 11.4. The Bertz CT molecular complexity index is 716. The molecule has 0 bridgehead atoms. The molecule has 102 valence electrons. The number of tetrazole rings is 1. The van der Waals surface area contributed by atoms with Gasteiger partial charge in [0.25, 0.3) is 0 Å². The SMILES string of the molecule is Cc1ccc(CNc2cccc(-n3nnnc3C)c2)o1. The van der Waals surface area contributed by atoms with E-state index in [2.05, 4.69) is 20.8 Å². The molecule has 0 saturated carbocycles. The van der Waals surface area contributed by atoms with Crippen molar-refractivity contribution in [3.63, 3.8) is 0 Å². The molecule has 1 N–H and O–H groups in total. The molecule has 6 heteroatoms. The zero-order valence-corrected chi connectivity index (χ0v) is 11.4. The summed E-state index contributed by atoms with van der Waals surface area (Å²) in [4.78, 5) is 0. The first-order valence-electron chi connectivity index (χ1n) is 6.37. The van der Waals surface area contributed by atoms with Crippen molar-refractivity contribution in [3.8, 4) is 5.69 Å². The van der Waals surface area contributed by atoms with Crippen LogP contribution in [-0.4, -0.2) is 20.2 Å². The van der Waals surface area contributed by atoms with Gasteiger partial charge < -0.3 is 9.73 Å². The lowest BCUT2D eigenvalue weighted by Gasteiger charge is -2.07. The van der Waals surface area contributed by atoms with Gasteiger partial charge in [-0.1, -0.05) is 6.07 Å². The van der Waals surface area contributed by atoms with Crippen LogP contribution in [0.1, 0.15) is 17.3 Å². The molecule has 3 aromatic rings. The summed E-state index contributed by atoms with van der Waals surface area (Å²) >= 11 is 0. The average molecular weight is 269 g/mol. The largest absolute Gasteiger partial charge is 0.465 e. The lowest BCUT2D eigenvalue weighted by Crippen LogP contribution is -2.02. The Labute approximate surface area is 116 Å². The molecule has 0 atom stereocenters. The van der Waals surface area contributed by atoms with Crippen LogP contribution in [0.3, 0.4) is 0 Å². The first-order chi connectivity index (χ1) is 9.72. The Hall–Kier alpha value is -2.63. The Morgan fingerprint density at radius 1 is 1.20 bits per heavy atom. The number of hydrogen-bond donors (Lipinski definition) is 1. The second kappa shape index (κ2) is 5.16. The van der Waals surface area contributed by atoms with E-state index in [1.165, 1.54) is 0 Å². The first-order valence-corrected chi connectivity index (χ1v) is 6.37. The fraction of sp³-hybridized carbons (Fsp3) is 0.214. The Morgan fingerprint density at radius 2 is 2.10 bits per heavy atom. The second-order valence-electron chi connectivity index (χ2n) is 4.55. The molecule has 0 aliphatic heterocycles. The number of nitrogens with one attached hydrogen (secondary N) is 1. The van der Waals surface area contributed by atoms with Crippen LogP contribution in [0.2, 0.25) is 0 Å². The number of rotatable bonds is 4. The van der Waals surface area contributed by atoms with E-state index in [9.17, 15) is 0 Å². The highest BCUT2D eigenvalue weighted by Crippen LogP contribution is 2.16. The molecule has 20 heavy (non-hydrogen) atoms. The fourth-order valence-corrected chi connectivity index (χ4v) is 1.99. The standard InChI is InChI=1S/C14H15N5O/c1-10-6-7-14(20-10)9-15-12-4-3-5-13(8-12)19-11(2)16-17-18-19/h3-8,15H,9H2,1-2H3. The predicted molar refractivity (Wildman–Crippen MR) is 74.7 cm³/mol. The summed E-state index contributed by atoms with van der Waals surface area (Å²) in [7, 11) is 0. The normalized spacial score (nSPS) is 10.7. The molecule has 6 nitrogen and oxygen atoms in total. The topological polar surface area (TPSA) is 68.8 Å². The molecule has 0 spiro atoms. The molecule has 0 aliphatic rings. The molecule has 0 aliphatic carbocycles. The second-order valence-corrected chi connectivity index (χ2v) is 4.55. The van der Waals surface area contributed by atoms with Crippen molar-refractivity contribution in [2.75, 3.05) is 5.32 Å². The summed E-state index contributed by atoms with van der Waals surface area (Å²) in [6.07, 6.45) is 0. The minimum absolute atomic E-state index is 0.645. The van der Waals surface area contributed by atoms with Gasteiger partial charge in [-0.2, -0.15) is 4.68 Å². The number of anilines is 1. The van der Waals surface area contributed by atoms with Crippen molar-refractivity contribution in [2.24, 2.45) is 0 Å². The first kappa shape index (κ1) is 12.4. The van der Waals surface area contributed by atoms with Crippen LogP contribution >= 0.6 is 0 Å². The van der Waals surface area contributed by atoms with Crippen LogP contribution in [0.15, 0.2) is 40.8 Å². The highest BCUT2D eigenvalue weighted by atomic mass is 16.3. The molecular weight excluding hydrogens is 254 g/mol. The Balaban J connectivity index is 1.76. The number of nitrogens with zero attached hydrogens (tertiary/aromatic N) is 4. The molecule has 0 fully saturated rings. The summed E-state index contributed by atoms with van der Waals surface area (Å²) in [5.41, 5.74) is 1.92. The molecule has 0 saturated heterocycles. The monoisotopic (exact) mass is 269 g/mol. The van der Waals surface area contributed by atoms with Gasteiger partial charge in [-0.25, -0.2) is 0 Å². The third-order valence-corrected chi connectivity index (χ3v) is 2.98. The highest BCUT2D eigenvalue weighted by molar-refractivity contribution is 5.51. The minimum atomic E-state index is 0.645. The fourth-order valence-electron chi connectivity index (χ4n) is 1.99. The Kier molecular flexibility index (Phi) is 3.20. The average Bonchev–Trinajstić information content (AvgIpc) is 3.05. The quantitative estimate of drug-likeness (QED) is 0.788. The van der Waals surface area contributed by atoms with Gasteiger partial charge in [0.1, 0.15) is 11.5 Å². The smallest absolute Gasteiger partial charge is 0.153 e. The lowest BCUT2D eigenvalue weighted by molar-refractivity contribution is 0.490. The van der Waals surface area contributed by atoms with E-state index < -0.39 is 0 Å². The molecule has 0 amide bonds. The van der Waals surface area contributed by atoms with Crippen LogP contribution in [0, 0.1) is 13.8 Å². The van der Waals surface area contributed by atoms with Gasteiger partial charge >= 0.3 is 0 Å². The zero-order chi connectivity index (χ0) is 13.9. The highest BCUT2D eigenvalue weighted by Gasteiger charge is 2.04. The molecule has 1 aromatic carbocycles. The van der Waals surface area contributed by atoms with Crippen molar-refractivity contribution >= 4 is 5.69 Å². The van der Waals surface area contributed by atoms with E-state index in [1.807, 2.05) is 50.2 Å². The van der Waals surface area contributed by atoms with Gasteiger partial charge in [0.2, 0.25) is 0 Å². The minimum Gasteiger partial charge on any atom is -0.465 e. The van der Waals surface area contributed by atoms with Crippen molar-refractivity contribution in [2.45, 2.75) is 20.4 Å². The van der Waals surface area contributed by atoms with Gasteiger partial charge in [0.05, 0.1) is 12.2 Å². The Morgan fingerprint density at radius 3 is 2.80 bits per heavy atom. The van der Waals surface area contributed by atoms with E-state index >= 15 is 0 Å². The van der Waals surface area contributed by atoms with Crippen LogP contribution in [0.25, 0.3) is 5.69 Å². The maximum Gasteiger partial charge on any atom is 0.153 e. The predicted octanol–water partition coefficient (Wildman–Crippen LogP) is 2.48. The summed E-state index contributed by atoms with van der Waals surface area (Å²) in [6.45, 7) is 4.45. The van der Waals surface area contributed by atoms with Crippen LogP contribution in [0.5, 0.6) is 0 Å². The van der Waals surface area contributed by atoms with Crippen LogP contribution in [-0.2, 0) is 6.54 Å². The summed E-state index contributed by atoms with van der Waals surface area (Å²) in [5, 5.41) is 14.8. The van der Waals surface area contributed by atoms with Gasteiger partial charge in [-0.3, -0.25) is 0 Å². The van der Waals surface area contributed by atoms with Crippen molar-refractivity contribution < 1.29 is 4.42 Å². The van der Waals surface area contributed by atoms with E-state index in [1.54, 1.807) is 4.68 Å². The van der Waals surface area contributed by atoms with Crippen molar-refractivity contribution in [3.05, 3.63) is 53.7 Å². The number of hydrogen-bond acceptors (Lipinski definition) is 5. The number of aromatic nitrogens is 4. The molecule has 3 rings (SSSR count). The summed E-state index contributed by atoms with van der Waals surface area (Å²) in [6, 6.07) is 11.9. The molecule has 2 heterocycles. The van der Waals surface area contributed by atoms with E-state index in [-0.39, 0.29) is 0 Å². The third-order valence-electron chi connectivity index (χ3n) is 2.98. The van der Waals surface area contributed by atoms with Crippen molar-refractivity contribution in [1.82, 2.24) is 20.2 Å². The van der Waals surface area contributed by atoms with E-state index in [0.717, 1.165) is 28.7 Å². The molecular formula is C14H15N5O. The molecule has 0 unspecified atom stereocenters. The van der Waals surface area contributed by atoms with Gasteiger partial charge in [0.15, 0.2) is 5.82 Å². The molecule has 2 aromatic heterocycles. The third kappa shape index (κ3) is 2.54. The van der Waals surface area contributed by atoms with Crippen LogP contribution < -0.4 is 5.32 Å². The summed E-state index contributed by atoms with van der Waals surface area (Å²) < 4.78 is 7.22. The maximum atomic E-state index is 5.53. The van der Waals surface area contributed by atoms with Gasteiger partial charge in [-0.15, -0.1) is 5.10 Å². The van der Waals surface area contributed by atoms with Crippen molar-refractivity contribution in [1.29, 1.82) is 0 Å². The summed E-state index contributed by atoms with van der Waals surface area (Å²) in [5.74, 6) is 2.58. The van der Waals surface area contributed by atoms with E-state index in [4.69, 9.17) is 4.42 Å². The maximum absolute atomic E-state index is 5.53.